The average molecular weight is 372 g/mol. The van der Waals surface area contributed by atoms with E-state index in [-0.39, 0.29) is 28.4 Å². The van der Waals surface area contributed by atoms with E-state index in [1.54, 1.807) is 13.0 Å². The Morgan fingerprint density at radius 1 is 0.852 bits per heavy atom. The van der Waals surface area contributed by atoms with Crippen LogP contribution in [0.3, 0.4) is 0 Å². The maximum atomic E-state index is 15.2. The van der Waals surface area contributed by atoms with E-state index in [2.05, 4.69) is 6.92 Å². The Balaban J connectivity index is 1.54. The molecular formula is C24H27F3. The van der Waals surface area contributed by atoms with Crippen LogP contribution >= 0.6 is 0 Å². The summed E-state index contributed by atoms with van der Waals surface area (Å²) < 4.78 is 43.6. The maximum absolute atomic E-state index is 15.2. The van der Waals surface area contributed by atoms with Crippen molar-refractivity contribution in [1.29, 1.82) is 0 Å². The first kappa shape index (κ1) is 18.6. The molecule has 0 N–H and O–H groups in total. The Kier molecular flexibility index (Phi) is 5.05. The molecule has 0 saturated heterocycles. The lowest BCUT2D eigenvalue weighted by Crippen LogP contribution is -2.16. The van der Waals surface area contributed by atoms with E-state index in [9.17, 15) is 8.78 Å². The number of hydrogen-bond donors (Lipinski definition) is 0. The van der Waals surface area contributed by atoms with Crippen molar-refractivity contribution >= 4 is 0 Å². The van der Waals surface area contributed by atoms with Gasteiger partial charge in [0.15, 0.2) is 11.6 Å². The molecule has 4 rings (SSSR count). The molecule has 2 aromatic rings. The smallest absolute Gasteiger partial charge is 0.167 e. The lowest BCUT2D eigenvalue weighted by Gasteiger charge is -2.32. The van der Waals surface area contributed by atoms with Crippen LogP contribution in [0.15, 0.2) is 18.2 Å². The molecule has 0 atom stereocenters. The molecule has 0 aromatic heterocycles. The van der Waals surface area contributed by atoms with Gasteiger partial charge in [-0.25, -0.2) is 13.2 Å². The summed E-state index contributed by atoms with van der Waals surface area (Å²) in [6.45, 7) is 3.76. The highest BCUT2D eigenvalue weighted by Gasteiger charge is 2.35. The molecule has 0 radical (unpaired) electrons. The number of hydrogen-bond acceptors (Lipinski definition) is 0. The number of halogens is 3. The van der Waals surface area contributed by atoms with Gasteiger partial charge in [0, 0.05) is 11.1 Å². The van der Waals surface area contributed by atoms with Crippen molar-refractivity contribution in [3.63, 3.8) is 0 Å². The van der Waals surface area contributed by atoms with Crippen molar-refractivity contribution in [3.8, 4) is 22.3 Å². The molecule has 0 bridgehead atoms. The third-order valence-electron chi connectivity index (χ3n) is 6.60. The number of unbranched alkanes of at least 4 members (excludes halogenated alkanes) is 2. The molecule has 0 spiro atoms. The van der Waals surface area contributed by atoms with Crippen molar-refractivity contribution in [2.75, 3.05) is 0 Å². The lowest BCUT2D eigenvalue weighted by molar-refractivity contribution is 0.299. The fraction of sp³-hybridized carbons (Fsp3) is 0.500. The van der Waals surface area contributed by atoms with E-state index < -0.39 is 11.6 Å². The van der Waals surface area contributed by atoms with Crippen LogP contribution in [0.2, 0.25) is 0 Å². The first-order chi connectivity index (χ1) is 13.0. The van der Waals surface area contributed by atoms with Gasteiger partial charge in [-0.2, -0.15) is 0 Å². The van der Waals surface area contributed by atoms with Gasteiger partial charge in [0.05, 0.1) is 0 Å². The van der Waals surface area contributed by atoms with Gasteiger partial charge in [-0.15, -0.1) is 0 Å². The van der Waals surface area contributed by atoms with Gasteiger partial charge in [0.1, 0.15) is 5.82 Å². The Bertz CT molecular complexity index is 861. The summed E-state index contributed by atoms with van der Waals surface area (Å²) in [6, 6.07) is 5.38. The quantitative estimate of drug-likeness (QED) is 0.399. The van der Waals surface area contributed by atoms with Gasteiger partial charge in [0.25, 0.3) is 0 Å². The highest BCUT2D eigenvalue weighted by Crippen LogP contribution is 2.53. The molecular weight excluding hydrogens is 345 g/mol. The summed E-state index contributed by atoms with van der Waals surface area (Å²) in [6.07, 6.45) is 9.38. The van der Waals surface area contributed by atoms with Gasteiger partial charge in [-0.3, -0.25) is 0 Å². The number of rotatable bonds is 5. The molecule has 0 nitrogen and oxygen atoms in total. The van der Waals surface area contributed by atoms with Crippen molar-refractivity contribution < 1.29 is 13.2 Å². The highest BCUT2D eigenvalue weighted by atomic mass is 19.2. The molecule has 2 aromatic carbocycles. The number of aryl methyl sites for hydroxylation is 1. The second-order valence-electron chi connectivity index (χ2n) is 8.35. The molecule has 0 amide bonds. The van der Waals surface area contributed by atoms with E-state index in [0.717, 1.165) is 31.6 Å². The molecule has 1 saturated carbocycles. The summed E-state index contributed by atoms with van der Waals surface area (Å²) >= 11 is 0. The lowest BCUT2D eigenvalue weighted by atomic mass is 9.73. The van der Waals surface area contributed by atoms with Gasteiger partial charge in [0.2, 0.25) is 0 Å². The molecule has 27 heavy (non-hydrogen) atoms. The van der Waals surface area contributed by atoms with E-state index in [1.807, 2.05) is 12.1 Å². The predicted molar refractivity (Wildman–Crippen MR) is 104 cm³/mol. The van der Waals surface area contributed by atoms with E-state index in [1.165, 1.54) is 25.7 Å². The minimum absolute atomic E-state index is 0.126. The fourth-order valence-corrected chi connectivity index (χ4v) is 4.97. The van der Waals surface area contributed by atoms with Gasteiger partial charge >= 0.3 is 0 Å². The molecule has 144 valence electrons. The Labute approximate surface area is 159 Å². The van der Waals surface area contributed by atoms with Crippen LogP contribution in [0.25, 0.3) is 22.3 Å². The fourth-order valence-electron chi connectivity index (χ4n) is 4.97. The van der Waals surface area contributed by atoms with E-state index in [0.29, 0.717) is 16.7 Å². The molecule has 0 heterocycles. The van der Waals surface area contributed by atoms with Crippen LogP contribution in [-0.4, -0.2) is 0 Å². The summed E-state index contributed by atoms with van der Waals surface area (Å²) in [7, 11) is 0. The highest BCUT2D eigenvalue weighted by molar-refractivity contribution is 6.03. The Hall–Kier alpha value is -1.77. The minimum Gasteiger partial charge on any atom is -0.206 e. The first-order valence-electron chi connectivity index (χ1n) is 10.3. The van der Waals surface area contributed by atoms with Crippen LogP contribution in [0, 0.1) is 30.3 Å². The van der Waals surface area contributed by atoms with Crippen LogP contribution < -0.4 is 0 Å². The molecule has 1 fully saturated rings. The molecule has 2 aliphatic rings. The maximum Gasteiger partial charge on any atom is 0.167 e. The Morgan fingerprint density at radius 2 is 1.56 bits per heavy atom. The van der Waals surface area contributed by atoms with E-state index >= 15 is 4.39 Å². The Morgan fingerprint density at radius 3 is 2.26 bits per heavy atom. The zero-order valence-corrected chi connectivity index (χ0v) is 16.2. The van der Waals surface area contributed by atoms with Crippen molar-refractivity contribution in [1.82, 2.24) is 0 Å². The van der Waals surface area contributed by atoms with Crippen molar-refractivity contribution in [2.45, 2.75) is 71.1 Å². The van der Waals surface area contributed by atoms with Crippen molar-refractivity contribution in [2.24, 2.45) is 5.92 Å². The van der Waals surface area contributed by atoms with Crippen LogP contribution in [0.4, 0.5) is 13.2 Å². The summed E-state index contributed by atoms with van der Waals surface area (Å²) in [5, 5.41) is 0. The SMILES string of the molecule is CCCCCC1CCC(c2ccc3c(c2F)-c2c-3cc(C)c(F)c2F)CC1. The van der Waals surface area contributed by atoms with Gasteiger partial charge in [-0.05, 0) is 72.8 Å². The zero-order valence-electron chi connectivity index (χ0n) is 16.2. The second kappa shape index (κ2) is 7.33. The minimum atomic E-state index is -0.909. The van der Waals surface area contributed by atoms with Gasteiger partial charge in [-0.1, -0.05) is 44.7 Å². The summed E-state index contributed by atoms with van der Waals surface area (Å²) in [5.74, 6) is -1.15. The monoisotopic (exact) mass is 372 g/mol. The predicted octanol–water partition coefficient (Wildman–Crippen LogP) is 7.91. The third-order valence-corrected chi connectivity index (χ3v) is 6.60. The van der Waals surface area contributed by atoms with Crippen LogP contribution in [-0.2, 0) is 0 Å². The third kappa shape index (κ3) is 3.09. The number of fused-ring (bicyclic) bond motifs is 4. The summed E-state index contributed by atoms with van der Waals surface area (Å²) in [4.78, 5) is 0. The second-order valence-corrected chi connectivity index (χ2v) is 8.35. The number of benzene rings is 2. The molecule has 3 heteroatoms. The van der Waals surface area contributed by atoms with Crippen molar-refractivity contribution in [3.05, 3.63) is 46.8 Å². The molecule has 0 aliphatic heterocycles. The van der Waals surface area contributed by atoms with Crippen LogP contribution in [0.5, 0.6) is 0 Å². The molecule has 2 aliphatic carbocycles. The molecule has 0 unspecified atom stereocenters. The van der Waals surface area contributed by atoms with Crippen LogP contribution in [0.1, 0.15) is 75.3 Å². The zero-order chi connectivity index (χ0) is 19.1. The summed E-state index contributed by atoms with van der Waals surface area (Å²) in [5.41, 5.74) is 2.70. The normalized spacial score (nSPS) is 20.8. The van der Waals surface area contributed by atoms with E-state index in [4.69, 9.17) is 0 Å². The first-order valence-corrected chi connectivity index (χ1v) is 10.3. The standard InChI is InChI=1S/C24H27F3/c1-3-4-5-6-15-7-9-16(10-8-15)17-11-12-18-19-13-14(2)22(25)24(27)21(19)20(18)23(17)26/h11-13,15-16H,3-10H2,1-2H3. The topological polar surface area (TPSA) is 0 Å². The van der Waals surface area contributed by atoms with Gasteiger partial charge < -0.3 is 0 Å². The largest absolute Gasteiger partial charge is 0.206 e. The average Bonchev–Trinajstić information content (AvgIpc) is 2.66.